The van der Waals surface area contributed by atoms with Crippen LogP contribution in [0.2, 0.25) is 5.02 Å². The lowest BCUT2D eigenvalue weighted by Gasteiger charge is -2.11. The molecule has 0 aliphatic carbocycles. The first-order valence-electron chi connectivity index (χ1n) is 6.30. The van der Waals surface area contributed by atoms with Crippen LogP contribution in [0.5, 0.6) is 11.5 Å². The number of benzene rings is 2. The van der Waals surface area contributed by atoms with E-state index in [1.165, 1.54) is 6.07 Å². The topological polar surface area (TPSA) is 55.8 Å². The lowest BCUT2D eigenvalue weighted by Crippen LogP contribution is -2.02. The summed E-state index contributed by atoms with van der Waals surface area (Å²) in [5, 5.41) is 9.59. The van der Waals surface area contributed by atoms with Crippen LogP contribution in [0.4, 0.5) is 0 Å². The van der Waals surface area contributed by atoms with Crippen LogP contribution in [0.25, 0.3) is 0 Å². The van der Waals surface area contributed by atoms with Gasteiger partial charge in [-0.25, -0.2) is 4.79 Å². The molecule has 0 atom stereocenters. The predicted octanol–water partition coefficient (Wildman–Crippen LogP) is 3.93. The lowest BCUT2D eigenvalue weighted by atomic mass is 10.1. The number of ether oxygens (including phenoxy) is 2. The average molecular weight is 307 g/mol. The van der Waals surface area contributed by atoms with Crippen molar-refractivity contribution in [1.29, 1.82) is 0 Å². The Labute approximate surface area is 127 Å². The Morgan fingerprint density at radius 1 is 1.24 bits per heavy atom. The first-order chi connectivity index (χ1) is 10.0. The maximum atomic E-state index is 11.0. The number of rotatable bonds is 5. The van der Waals surface area contributed by atoms with Gasteiger partial charge in [0.25, 0.3) is 0 Å². The SMILES string of the molecule is COc1ccc(Cl)cc1COc1ccc(C(=O)O)c(C)c1. The van der Waals surface area contributed by atoms with E-state index >= 15 is 0 Å². The Bertz CT molecular complexity index is 667. The third kappa shape index (κ3) is 3.67. The third-order valence-corrected chi connectivity index (χ3v) is 3.30. The molecule has 0 aliphatic heterocycles. The van der Waals surface area contributed by atoms with Gasteiger partial charge >= 0.3 is 5.97 Å². The summed E-state index contributed by atoms with van der Waals surface area (Å²) in [4.78, 5) is 11.0. The zero-order valence-corrected chi connectivity index (χ0v) is 12.5. The fourth-order valence-corrected chi connectivity index (χ4v) is 2.18. The Kier molecular flexibility index (Phi) is 4.70. The van der Waals surface area contributed by atoms with E-state index in [9.17, 15) is 4.79 Å². The van der Waals surface area contributed by atoms with E-state index < -0.39 is 5.97 Å². The number of aromatic carboxylic acids is 1. The summed E-state index contributed by atoms with van der Waals surface area (Å²) in [7, 11) is 1.58. The first kappa shape index (κ1) is 15.2. The molecular formula is C16H15ClO4. The van der Waals surface area contributed by atoms with Crippen LogP contribution in [0.3, 0.4) is 0 Å². The van der Waals surface area contributed by atoms with Gasteiger partial charge in [0.15, 0.2) is 0 Å². The van der Waals surface area contributed by atoms with E-state index in [1.54, 1.807) is 44.4 Å². The lowest BCUT2D eigenvalue weighted by molar-refractivity contribution is 0.0696. The zero-order valence-electron chi connectivity index (χ0n) is 11.7. The van der Waals surface area contributed by atoms with Gasteiger partial charge in [-0.05, 0) is 48.9 Å². The van der Waals surface area contributed by atoms with Crippen molar-refractivity contribution in [3.05, 3.63) is 58.1 Å². The van der Waals surface area contributed by atoms with Gasteiger partial charge in [0.2, 0.25) is 0 Å². The van der Waals surface area contributed by atoms with E-state index in [1.807, 2.05) is 0 Å². The summed E-state index contributed by atoms with van der Waals surface area (Å²) in [5.74, 6) is 0.341. The molecule has 0 aliphatic rings. The Balaban J connectivity index is 2.15. The van der Waals surface area contributed by atoms with Gasteiger partial charge in [-0.3, -0.25) is 0 Å². The second-order valence-electron chi connectivity index (χ2n) is 4.53. The fourth-order valence-electron chi connectivity index (χ4n) is 1.99. The molecule has 1 N–H and O–H groups in total. The van der Waals surface area contributed by atoms with Crippen molar-refractivity contribution in [3.8, 4) is 11.5 Å². The van der Waals surface area contributed by atoms with Gasteiger partial charge in [-0.1, -0.05) is 11.6 Å². The van der Waals surface area contributed by atoms with E-state index in [0.29, 0.717) is 22.1 Å². The van der Waals surface area contributed by atoms with Gasteiger partial charge in [0.1, 0.15) is 18.1 Å². The van der Waals surface area contributed by atoms with Crippen LogP contribution in [0.1, 0.15) is 21.5 Å². The molecular weight excluding hydrogens is 292 g/mol. The Hall–Kier alpha value is -2.20. The molecule has 0 saturated heterocycles. The minimum atomic E-state index is -0.949. The normalized spacial score (nSPS) is 10.2. The highest BCUT2D eigenvalue weighted by atomic mass is 35.5. The first-order valence-corrected chi connectivity index (χ1v) is 6.68. The summed E-state index contributed by atoms with van der Waals surface area (Å²) >= 11 is 5.96. The summed E-state index contributed by atoms with van der Waals surface area (Å²) in [6.07, 6.45) is 0. The van der Waals surface area contributed by atoms with Crippen LogP contribution in [-0.4, -0.2) is 18.2 Å². The van der Waals surface area contributed by atoms with Gasteiger partial charge in [0.05, 0.1) is 12.7 Å². The van der Waals surface area contributed by atoms with Crippen LogP contribution in [-0.2, 0) is 6.61 Å². The van der Waals surface area contributed by atoms with Crippen molar-refractivity contribution in [2.24, 2.45) is 0 Å². The molecule has 0 saturated carbocycles. The molecule has 21 heavy (non-hydrogen) atoms. The smallest absolute Gasteiger partial charge is 0.335 e. The summed E-state index contributed by atoms with van der Waals surface area (Å²) < 4.78 is 10.9. The van der Waals surface area contributed by atoms with Gasteiger partial charge < -0.3 is 14.6 Å². The van der Waals surface area contributed by atoms with Crippen molar-refractivity contribution in [2.45, 2.75) is 13.5 Å². The standard InChI is InChI=1S/C16H15ClO4/c1-10-7-13(4-5-14(10)16(18)19)21-9-11-8-12(17)3-6-15(11)20-2/h3-8H,9H2,1-2H3,(H,18,19). The van der Waals surface area contributed by atoms with E-state index in [4.69, 9.17) is 26.2 Å². The second-order valence-corrected chi connectivity index (χ2v) is 4.96. The molecule has 2 rings (SSSR count). The molecule has 110 valence electrons. The van der Waals surface area contributed by atoms with Crippen molar-refractivity contribution in [1.82, 2.24) is 0 Å². The van der Waals surface area contributed by atoms with Crippen LogP contribution in [0.15, 0.2) is 36.4 Å². The molecule has 0 heterocycles. The number of halogens is 1. The number of carbonyl (C=O) groups is 1. The van der Waals surface area contributed by atoms with E-state index in [0.717, 1.165) is 5.56 Å². The molecule has 2 aromatic carbocycles. The molecule has 5 heteroatoms. The van der Waals surface area contributed by atoms with Crippen molar-refractivity contribution in [2.75, 3.05) is 7.11 Å². The molecule has 0 unspecified atom stereocenters. The van der Waals surface area contributed by atoms with Gasteiger partial charge in [-0.2, -0.15) is 0 Å². The molecule has 0 aromatic heterocycles. The average Bonchev–Trinajstić information content (AvgIpc) is 2.45. The van der Waals surface area contributed by atoms with Gasteiger partial charge in [-0.15, -0.1) is 0 Å². The monoisotopic (exact) mass is 306 g/mol. The molecule has 0 fully saturated rings. The molecule has 0 spiro atoms. The van der Waals surface area contributed by atoms with E-state index in [-0.39, 0.29) is 12.2 Å². The maximum absolute atomic E-state index is 11.0. The van der Waals surface area contributed by atoms with Crippen molar-refractivity contribution in [3.63, 3.8) is 0 Å². The predicted molar refractivity (Wildman–Crippen MR) is 80.5 cm³/mol. The fraction of sp³-hybridized carbons (Fsp3) is 0.188. The quantitative estimate of drug-likeness (QED) is 0.909. The number of methoxy groups -OCH3 is 1. The molecule has 0 amide bonds. The molecule has 2 aromatic rings. The number of carboxylic acid groups (broad SMARTS) is 1. The zero-order chi connectivity index (χ0) is 15.4. The van der Waals surface area contributed by atoms with Crippen molar-refractivity contribution < 1.29 is 19.4 Å². The maximum Gasteiger partial charge on any atom is 0.335 e. The minimum absolute atomic E-state index is 0.266. The second kappa shape index (κ2) is 6.50. The van der Waals surface area contributed by atoms with Crippen LogP contribution < -0.4 is 9.47 Å². The largest absolute Gasteiger partial charge is 0.496 e. The third-order valence-electron chi connectivity index (χ3n) is 3.07. The highest BCUT2D eigenvalue weighted by Gasteiger charge is 2.09. The van der Waals surface area contributed by atoms with Crippen LogP contribution in [0, 0.1) is 6.92 Å². The summed E-state index contributed by atoms with van der Waals surface area (Å²) in [6, 6.07) is 10.2. The number of carboxylic acids is 1. The van der Waals surface area contributed by atoms with Gasteiger partial charge in [0, 0.05) is 10.6 Å². The molecule has 0 radical (unpaired) electrons. The number of aryl methyl sites for hydroxylation is 1. The number of hydrogen-bond acceptors (Lipinski definition) is 3. The van der Waals surface area contributed by atoms with E-state index in [2.05, 4.69) is 0 Å². The molecule has 0 bridgehead atoms. The summed E-state index contributed by atoms with van der Waals surface area (Å²) in [6.45, 7) is 2.02. The Morgan fingerprint density at radius 3 is 2.62 bits per heavy atom. The highest BCUT2D eigenvalue weighted by Crippen LogP contribution is 2.25. The van der Waals surface area contributed by atoms with Crippen LogP contribution >= 0.6 is 11.6 Å². The summed E-state index contributed by atoms with van der Waals surface area (Å²) in [5.41, 5.74) is 1.74. The minimum Gasteiger partial charge on any atom is -0.496 e. The van der Waals surface area contributed by atoms with Crippen molar-refractivity contribution >= 4 is 17.6 Å². The molecule has 4 nitrogen and oxygen atoms in total. The highest BCUT2D eigenvalue weighted by molar-refractivity contribution is 6.30. The Morgan fingerprint density at radius 2 is 2.00 bits per heavy atom. The number of hydrogen-bond donors (Lipinski definition) is 1.